The predicted octanol–water partition coefficient (Wildman–Crippen LogP) is 4.28. The molecule has 2 nitrogen and oxygen atoms in total. The van der Waals surface area contributed by atoms with Crippen molar-refractivity contribution in [3.63, 3.8) is 0 Å². The summed E-state index contributed by atoms with van der Waals surface area (Å²) in [6.07, 6.45) is 0.478. The number of rotatable bonds is 3. The van der Waals surface area contributed by atoms with Gasteiger partial charge in [0.1, 0.15) is 0 Å². The fourth-order valence-corrected chi connectivity index (χ4v) is 2.69. The summed E-state index contributed by atoms with van der Waals surface area (Å²) in [5.41, 5.74) is 5.74. The zero-order chi connectivity index (χ0) is 14.0. The van der Waals surface area contributed by atoms with E-state index in [4.69, 9.17) is 5.73 Å². The zero-order valence-corrected chi connectivity index (χ0v) is 10.9. The number of nitrogen functional groups attached to an aromatic ring is 1. The molecule has 0 saturated heterocycles. The quantitative estimate of drug-likeness (QED) is 0.806. The number of nitrogens with two attached hydrogens (primary N) is 1. The van der Waals surface area contributed by atoms with E-state index >= 15 is 0 Å². The largest absolute Gasteiger partial charge is 0.416 e. The van der Waals surface area contributed by atoms with Crippen molar-refractivity contribution >= 4 is 11.4 Å². The fourth-order valence-electron chi connectivity index (χ4n) is 2.69. The first-order valence-electron chi connectivity index (χ1n) is 6.61. The van der Waals surface area contributed by atoms with Crippen LogP contribution < -0.4 is 11.1 Å². The maximum Gasteiger partial charge on any atom is 0.416 e. The molecule has 2 rings (SSSR count). The summed E-state index contributed by atoms with van der Waals surface area (Å²) in [5, 5.41) is 3.24. The molecule has 0 aliphatic heterocycles. The van der Waals surface area contributed by atoms with Crippen molar-refractivity contribution in [2.75, 3.05) is 11.1 Å². The van der Waals surface area contributed by atoms with E-state index in [0.29, 0.717) is 11.6 Å². The first kappa shape index (κ1) is 14.0. The van der Waals surface area contributed by atoms with E-state index in [-0.39, 0.29) is 11.7 Å². The van der Waals surface area contributed by atoms with Crippen LogP contribution in [0.4, 0.5) is 24.5 Å². The number of hydrogen-bond donors (Lipinski definition) is 2. The zero-order valence-electron chi connectivity index (χ0n) is 10.9. The standard InChI is InChI=1S/C14H19F3N2/c1-9(10-4-2-3-5-10)19-13-7-6-11(8-12(13)18)14(15,16)17/h6-10,19H,2-5,18H2,1H3. The third kappa shape index (κ3) is 3.33. The number of anilines is 2. The van der Waals surface area contributed by atoms with Gasteiger partial charge in [0.2, 0.25) is 0 Å². The van der Waals surface area contributed by atoms with Crippen molar-refractivity contribution in [2.45, 2.75) is 44.8 Å². The average molecular weight is 272 g/mol. The molecule has 1 aliphatic rings. The summed E-state index contributed by atoms with van der Waals surface area (Å²) in [6.45, 7) is 2.06. The van der Waals surface area contributed by atoms with Crippen LogP contribution in [-0.4, -0.2) is 6.04 Å². The Morgan fingerprint density at radius 1 is 1.26 bits per heavy atom. The topological polar surface area (TPSA) is 38.0 Å². The highest BCUT2D eigenvalue weighted by molar-refractivity contribution is 5.67. The Hall–Kier alpha value is -1.39. The van der Waals surface area contributed by atoms with E-state index in [1.807, 2.05) is 0 Å². The molecule has 0 radical (unpaired) electrons. The Morgan fingerprint density at radius 3 is 2.42 bits per heavy atom. The summed E-state index contributed by atoms with van der Waals surface area (Å²) in [7, 11) is 0. The smallest absolute Gasteiger partial charge is 0.397 e. The number of halogens is 3. The Kier molecular flexibility index (Phi) is 3.92. The molecule has 1 saturated carbocycles. The van der Waals surface area contributed by atoms with Crippen LogP contribution in [0, 0.1) is 5.92 Å². The number of nitrogens with one attached hydrogen (secondary N) is 1. The van der Waals surface area contributed by atoms with Crippen LogP contribution in [0.5, 0.6) is 0 Å². The number of alkyl halides is 3. The van der Waals surface area contributed by atoms with Crippen LogP contribution >= 0.6 is 0 Å². The minimum Gasteiger partial charge on any atom is -0.397 e. The van der Waals surface area contributed by atoms with Crippen LogP contribution in [-0.2, 0) is 6.18 Å². The van der Waals surface area contributed by atoms with Crippen molar-refractivity contribution in [1.82, 2.24) is 0 Å². The Morgan fingerprint density at radius 2 is 1.89 bits per heavy atom. The molecule has 0 amide bonds. The highest BCUT2D eigenvalue weighted by Gasteiger charge is 2.31. The summed E-state index contributed by atoms with van der Waals surface area (Å²) >= 11 is 0. The molecule has 1 aliphatic carbocycles. The Balaban J connectivity index is 2.08. The Bertz CT molecular complexity index is 437. The molecule has 0 heterocycles. The molecule has 5 heteroatoms. The van der Waals surface area contributed by atoms with Crippen molar-refractivity contribution in [1.29, 1.82) is 0 Å². The number of benzene rings is 1. The highest BCUT2D eigenvalue weighted by Crippen LogP contribution is 2.34. The molecule has 106 valence electrons. The van der Waals surface area contributed by atoms with E-state index < -0.39 is 11.7 Å². The molecule has 0 aromatic heterocycles. The van der Waals surface area contributed by atoms with Crippen molar-refractivity contribution in [2.24, 2.45) is 5.92 Å². The van der Waals surface area contributed by atoms with Gasteiger partial charge in [-0.1, -0.05) is 12.8 Å². The van der Waals surface area contributed by atoms with E-state index in [2.05, 4.69) is 12.2 Å². The first-order valence-corrected chi connectivity index (χ1v) is 6.61. The van der Waals surface area contributed by atoms with Crippen LogP contribution in [0.15, 0.2) is 18.2 Å². The van der Waals surface area contributed by atoms with Gasteiger partial charge in [0.15, 0.2) is 0 Å². The monoisotopic (exact) mass is 272 g/mol. The molecule has 1 aromatic carbocycles. The molecule has 19 heavy (non-hydrogen) atoms. The van der Waals surface area contributed by atoms with Gasteiger partial charge in [-0.2, -0.15) is 13.2 Å². The minimum atomic E-state index is -4.34. The van der Waals surface area contributed by atoms with Gasteiger partial charge in [0.25, 0.3) is 0 Å². The maximum atomic E-state index is 12.5. The summed E-state index contributed by atoms with van der Waals surface area (Å²) < 4.78 is 37.6. The van der Waals surface area contributed by atoms with Gasteiger partial charge in [-0.3, -0.25) is 0 Å². The molecule has 1 unspecified atom stereocenters. The van der Waals surface area contributed by atoms with Gasteiger partial charge in [-0.05, 0) is 43.9 Å². The highest BCUT2D eigenvalue weighted by atomic mass is 19.4. The molecular weight excluding hydrogens is 253 g/mol. The van der Waals surface area contributed by atoms with Gasteiger partial charge in [0, 0.05) is 6.04 Å². The van der Waals surface area contributed by atoms with Crippen molar-refractivity contribution in [3.8, 4) is 0 Å². The lowest BCUT2D eigenvalue weighted by atomic mass is 9.99. The first-order chi connectivity index (χ1) is 8.88. The fraction of sp³-hybridized carbons (Fsp3) is 0.571. The minimum absolute atomic E-state index is 0.152. The molecule has 3 N–H and O–H groups in total. The molecule has 0 bridgehead atoms. The van der Waals surface area contributed by atoms with Crippen LogP contribution in [0.2, 0.25) is 0 Å². The maximum absolute atomic E-state index is 12.5. The lowest BCUT2D eigenvalue weighted by Crippen LogP contribution is -2.24. The molecule has 1 fully saturated rings. The molecule has 1 atom stereocenters. The van der Waals surface area contributed by atoms with Crippen molar-refractivity contribution in [3.05, 3.63) is 23.8 Å². The van der Waals surface area contributed by atoms with Crippen molar-refractivity contribution < 1.29 is 13.2 Å². The average Bonchev–Trinajstić information content (AvgIpc) is 2.84. The second-order valence-corrected chi connectivity index (χ2v) is 5.28. The molecular formula is C14H19F3N2. The van der Waals surface area contributed by atoms with E-state index in [1.165, 1.54) is 31.7 Å². The SMILES string of the molecule is CC(Nc1ccc(C(F)(F)F)cc1N)C1CCCC1. The Labute approximate surface area is 111 Å². The van der Waals surface area contributed by atoms with Crippen LogP contribution in [0.3, 0.4) is 0 Å². The van der Waals surface area contributed by atoms with Gasteiger partial charge in [0.05, 0.1) is 16.9 Å². The number of hydrogen-bond acceptors (Lipinski definition) is 2. The van der Waals surface area contributed by atoms with Gasteiger partial charge in [-0.25, -0.2) is 0 Å². The summed E-state index contributed by atoms with van der Waals surface area (Å²) in [6, 6.07) is 3.72. The van der Waals surface area contributed by atoms with E-state index in [0.717, 1.165) is 12.1 Å². The van der Waals surface area contributed by atoms with Crippen LogP contribution in [0.1, 0.15) is 38.2 Å². The second-order valence-electron chi connectivity index (χ2n) is 5.28. The van der Waals surface area contributed by atoms with E-state index in [9.17, 15) is 13.2 Å². The third-order valence-corrected chi connectivity index (χ3v) is 3.87. The molecule has 0 spiro atoms. The van der Waals surface area contributed by atoms with Gasteiger partial charge < -0.3 is 11.1 Å². The summed E-state index contributed by atoms with van der Waals surface area (Å²) in [4.78, 5) is 0. The van der Waals surface area contributed by atoms with Gasteiger partial charge >= 0.3 is 6.18 Å². The van der Waals surface area contributed by atoms with Crippen LogP contribution in [0.25, 0.3) is 0 Å². The lowest BCUT2D eigenvalue weighted by Gasteiger charge is -2.23. The summed E-state index contributed by atoms with van der Waals surface area (Å²) in [5.74, 6) is 0.585. The second kappa shape index (κ2) is 5.31. The lowest BCUT2D eigenvalue weighted by molar-refractivity contribution is -0.137. The predicted molar refractivity (Wildman–Crippen MR) is 70.9 cm³/mol. The third-order valence-electron chi connectivity index (χ3n) is 3.87. The normalized spacial score (nSPS) is 18.5. The molecule has 1 aromatic rings. The van der Waals surface area contributed by atoms with E-state index in [1.54, 1.807) is 0 Å². The van der Waals surface area contributed by atoms with Gasteiger partial charge in [-0.15, -0.1) is 0 Å².